The van der Waals surface area contributed by atoms with E-state index in [0.29, 0.717) is 6.10 Å². The molecule has 1 fully saturated rings. The van der Waals surface area contributed by atoms with Gasteiger partial charge in [-0.15, -0.1) is 0 Å². The number of fused-ring (bicyclic) bond motifs is 1. The molecule has 2 aromatic rings. The number of aromatic nitrogens is 1. The SMILES string of the molecule is CCc1ccc2cccc(OC3CCNCC3)c2n1. The van der Waals surface area contributed by atoms with Crippen LogP contribution in [0.25, 0.3) is 10.9 Å². The summed E-state index contributed by atoms with van der Waals surface area (Å²) in [6, 6.07) is 10.4. The lowest BCUT2D eigenvalue weighted by molar-refractivity contribution is 0.164. The normalized spacial score (nSPS) is 16.7. The minimum atomic E-state index is 0.318. The molecule has 19 heavy (non-hydrogen) atoms. The Kier molecular flexibility index (Phi) is 3.65. The molecule has 0 saturated carbocycles. The molecule has 3 heteroatoms. The molecule has 0 unspecified atom stereocenters. The van der Waals surface area contributed by atoms with Gasteiger partial charge in [0.2, 0.25) is 0 Å². The van der Waals surface area contributed by atoms with Gasteiger partial charge in [-0.25, -0.2) is 4.98 Å². The Morgan fingerprint density at radius 3 is 2.84 bits per heavy atom. The van der Waals surface area contributed by atoms with Gasteiger partial charge in [-0.3, -0.25) is 0 Å². The summed E-state index contributed by atoms with van der Waals surface area (Å²) in [6.45, 7) is 4.22. The van der Waals surface area contributed by atoms with E-state index in [0.717, 1.165) is 54.7 Å². The zero-order valence-corrected chi connectivity index (χ0v) is 11.4. The van der Waals surface area contributed by atoms with Gasteiger partial charge in [0, 0.05) is 11.1 Å². The van der Waals surface area contributed by atoms with Crippen molar-refractivity contribution in [2.24, 2.45) is 0 Å². The van der Waals surface area contributed by atoms with E-state index in [1.165, 1.54) is 0 Å². The number of benzene rings is 1. The lowest BCUT2D eigenvalue weighted by Gasteiger charge is -2.24. The third-order valence-electron chi connectivity index (χ3n) is 3.68. The van der Waals surface area contributed by atoms with Gasteiger partial charge >= 0.3 is 0 Å². The molecule has 1 aliphatic rings. The van der Waals surface area contributed by atoms with Gasteiger partial charge in [0.15, 0.2) is 0 Å². The maximum Gasteiger partial charge on any atom is 0.145 e. The van der Waals surface area contributed by atoms with Crippen LogP contribution < -0.4 is 10.1 Å². The van der Waals surface area contributed by atoms with Crippen molar-refractivity contribution in [3.8, 4) is 5.75 Å². The van der Waals surface area contributed by atoms with Gasteiger partial charge in [0.25, 0.3) is 0 Å². The molecular formula is C16H20N2O. The largest absolute Gasteiger partial charge is 0.488 e. The lowest BCUT2D eigenvalue weighted by atomic mass is 10.1. The minimum Gasteiger partial charge on any atom is -0.488 e. The van der Waals surface area contributed by atoms with Crippen molar-refractivity contribution in [3.63, 3.8) is 0 Å². The second-order valence-corrected chi connectivity index (χ2v) is 5.05. The van der Waals surface area contributed by atoms with Gasteiger partial charge in [0.1, 0.15) is 17.4 Å². The van der Waals surface area contributed by atoms with Crippen LogP contribution in [0, 0.1) is 0 Å². The summed E-state index contributed by atoms with van der Waals surface area (Å²) in [7, 11) is 0. The number of aryl methyl sites for hydroxylation is 1. The molecule has 2 heterocycles. The molecule has 3 nitrogen and oxygen atoms in total. The van der Waals surface area contributed by atoms with E-state index in [1.807, 2.05) is 12.1 Å². The second-order valence-electron chi connectivity index (χ2n) is 5.05. The van der Waals surface area contributed by atoms with Crippen LogP contribution in [-0.4, -0.2) is 24.2 Å². The van der Waals surface area contributed by atoms with Gasteiger partial charge in [-0.1, -0.05) is 25.1 Å². The maximum atomic E-state index is 6.17. The number of piperidine rings is 1. The fourth-order valence-corrected chi connectivity index (χ4v) is 2.55. The fourth-order valence-electron chi connectivity index (χ4n) is 2.55. The monoisotopic (exact) mass is 256 g/mol. The molecule has 0 amide bonds. The Bertz CT molecular complexity index is 562. The van der Waals surface area contributed by atoms with Crippen LogP contribution in [-0.2, 0) is 6.42 Å². The summed E-state index contributed by atoms with van der Waals surface area (Å²) < 4.78 is 6.17. The molecule has 1 aromatic carbocycles. The summed E-state index contributed by atoms with van der Waals surface area (Å²) in [5, 5.41) is 4.52. The Labute approximate surface area is 114 Å². The summed E-state index contributed by atoms with van der Waals surface area (Å²) in [4.78, 5) is 4.72. The molecule has 0 spiro atoms. The topological polar surface area (TPSA) is 34.1 Å². The van der Waals surface area contributed by atoms with E-state index >= 15 is 0 Å². The van der Waals surface area contributed by atoms with Crippen molar-refractivity contribution in [2.75, 3.05) is 13.1 Å². The third kappa shape index (κ3) is 2.71. The summed E-state index contributed by atoms with van der Waals surface area (Å²) in [5.41, 5.74) is 2.12. The second kappa shape index (κ2) is 5.57. The van der Waals surface area contributed by atoms with Crippen molar-refractivity contribution >= 4 is 10.9 Å². The predicted octanol–water partition coefficient (Wildman–Crippen LogP) is 2.93. The highest BCUT2D eigenvalue weighted by Crippen LogP contribution is 2.26. The van der Waals surface area contributed by atoms with Crippen molar-refractivity contribution in [2.45, 2.75) is 32.3 Å². The first kappa shape index (κ1) is 12.4. The number of para-hydroxylation sites is 1. The highest BCUT2D eigenvalue weighted by Gasteiger charge is 2.16. The van der Waals surface area contributed by atoms with Gasteiger partial charge in [-0.2, -0.15) is 0 Å². The van der Waals surface area contributed by atoms with Crippen LogP contribution in [0.15, 0.2) is 30.3 Å². The Morgan fingerprint density at radius 2 is 2.05 bits per heavy atom. The molecule has 1 N–H and O–H groups in total. The van der Waals surface area contributed by atoms with Gasteiger partial charge in [-0.05, 0) is 44.5 Å². The number of nitrogens with one attached hydrogen (secondary N) is 1. The molecule has 100 valence electrons. The highest BCUT2D eigenvalue weighted by atomic mass is 16.5. The van der Waals surface area contributed by atoms with Crippen LogP contribution in [0.4, 0.5) is 0 Å². The molecule has 3 rings (SSSR count). The molecular weight excluding hydrogens is 236 g/mol. The summed E-state index contributed by atoms with van der Waals surface area (Å²) in [5.74, 6) is 0.930. The number of rotatable bonds is 3. The van der Waals surface area contributed by atoms with Crippen molar-refractivity contribution in [1.82, 2.24) is 10.3 Å². The average molecular weight is 256 g/mol. The first-order valence-corrected chi connectivity index (χ1v) is 7.13. The maximum absolute atomic E-state index is 6.17. The van der Waals surface area contributed by atoms with Crippen LogP contribution in [0.2, 0.25) is 0 Å². The molecule has 0 aliphatic carbocycles. The van der Waals surface area contributed by atoms with Crippen LogP contribution in [0.3, 0.4) is 0 Å². The van der Waals surface area contributed by atoms with E-state index in [4.69, 9.17) is 9.72 Å². The average Bonchev–Trinajstić information content (AvgIpc) is 2.48. The predicted molar refractivity (Wildman–Crippen MR) is 77.6 cm³/mol. The summed E-state index contributed by atoms with van der Waals surface area (Å²) >= 11 is 0. The van der Waals surface area contributed by atoms with E-state index in [9.17, 15) is 0 Å². The van der Waals surface area contributed by atoms with E-state index in [-0.39, 0.29) is 0 Å². The van der Waals surface area contributed by atoms with E-state index in [1.54, 1.807) is 0 Å². The molecule has 0 radical (unpaired) electrons. The molecule has 1 saturated heterocycles. The molecule has 1 aliphatic heterocycles. The Morgan fingerprint density at radius 1 is 1.21 bits per heavy atom. The number of hydrogen-bond donors (Lipinski definition) is 1. The van der Waals surface area contributed by atoms with Crippen molar-refractivity contribution < 1.29 is 4.74 Å². The van der Waals surface area contributed by atoms with Crippen LogP contribution >= 0.6 is 0 Å². The van der Waals surface area contributed by atoms with Gasteiger partial charge in [0.05, 0.1) is 0 Å². The smallest absolute Gasteiger partial charge is 0.145 e. The van der Waals surface area contributed by atoms with Gasteiger partial charge < -0.3 is 10.1 Å². The molecule has 0 atom stereocenters. The zero-order valence-electron chi connectivity index (χ0n) is 11.4. The number of pyridine rings is 1. The van der Waals surface area contributed by atoms with E-state index in [2.05, 4.69) is 30.4 Å². The Balaban J connectivity index is 1.92. The zero-order chi connectivity index (χ0) is 13.1. The minimum absolute atomic E-state index is 0.318. The standard InChI is InChI=1S/C16H20N2O/c1-2-13-7-6-12-4-3-5-15(16(12)18-13)19-14-8-10-17-11-9-14/h3-7,14,17H,2,8-11H2,1H3. The van der Waals surface area contributed by atoms with Crippen molar-refractivity contribution in [3.05, 3.63) is 36.0 Å². The number of hydrogen-bond acceptors (Lipinski definition) is 3. The lowest BCUT2D eigenvalue weighted by Crippen LogP contribution is -2.34. The van der Waals surface area contributed by atoms with Crippen LogP contribution in [0.1, 0.15) is 25.5 Å². The third-order valence-corrected chi connectivity index (χ3v) is 3.68. The fraction of sp³-hybridized carbons (Fsp3) is 0.438. The first-order chi connectivity index (χ1) is 9.36. The van der Waals surface area contributed by atoms with Crippen LogP contribution in [0.5, 0.6) is 5.75 Å². The number of ether oxygens (including phenoxy) is 1. The Hall–Kier alpha value is -1.61. The highest BCUT2D eigenvalue weighted by molar-refractivity contribution is 5.84. The molecule has 0 bridgehead atoms. The quantitative estimate of drug-likeness (QED) is 0.917. The first-order valence-electron chi connectivity index (χ1n) is 7.13. The molecule has 1 aromatic heterocycles. The van der Waals surface area contributed by atoms with Crippen molar-refractivity contribution in [1.29, 1.82) is 0 Å². The summed E-state index contributed by atoms with van der Waals surface area (Å²) in [6.07, 6.45) is 3.42. The number of nitrogens with zero attached hydrogens (tertiary/aromatic N) is 1. The van der Waals surface area contributed by atoms with E-state index < -0.39 is 0 Å².